The molecule has 0 aliphatic rings. The van der Waals surface area contributed by atoms with Gasteiger partial charge < -0.3 is 19.5 Å². The summed E-state index contributed by atoms with van der Waals surface area (Å²) in [4.78, 5) is 21.9. The van der Waals surface area contributed by atoms with Crippen molar-refractivity contribution in [2.45, 2.75) is 0 Å². The lowest BCUT2D eigenvalue weighted by atomic mass is 10.2. The van der Waals surface area contributed by atoms with E-state index in [1.54, 1.807) is 7.11 Å². The largest absolute Gasteiger partial charge is 0.382 e. The molecule has 1 aromatic rings. The van der Waals surface area contributed by atoms with Crippen molar-refractivity contribution in [3.63, 3.8) is 0 Å². The van der Waals surface area contributed by atoms with Gasteiger partial charge in [-0.3, -0.25) is 14.9 Å². The molecule has 0 radical (unpaired) electrons. The number of nitro benzene ring substituents is 1. The van der Waals surface area contributed by atoms with Gasteiger partial charge in [0.15, 0.2) is 0 Å². The second-order valence-corrected chi connectivity index (χ2v) is 4.28. The molecule has 0 bridgehead atoms. The van der Waals surface area contributed by atoms with E-state index in [4.69, 9.17) is 14.2 Å². The summed E-state index contributed by atoms with van der Waals surface area (Å²) >= 11 is 0. The number of non-ortho nitro benzene ring substituents is 1. The number of methoxy groups -OCH3 is 1. The molecule has 8 nitrogen and oxygen atoms in total. The normalized spacial score (nSPS) is 10.4. The van der Waals surface area contributed by atoms with Gasteiger partial charge in [-0.2, -0.15) is 0 Å². The highest BCUT2D eigenvalue weighted by Gasteiger charge is 2.10. The quantitative estimate of drug-likeness (QED) is 0.372. The number of hydrogen-bond donors (Lipinski definition) is 1. The minimum atomic E-state index is -0.538. The standard InChI is InChI=1S/C14H20N2O6/c1-20-7-8-22-10-9-21-6-5-15-14(17)12-3-2-4-13(11-12)16(18)19/h2-4,11H,5-10H2,1H3,(H,15,17). The van der Waals surface area contributed by atoms with E-state index in [2.05, 4.69) is 5.32 Å². The molecule has 1 N–H and O–H groups in total. The van der Waals surface area contributed by atoms with Crippen LogP contribution in [0.1, 0.15) is 10.4 Å². The summed E-state index contributed by atoms with van der Waals surface area (Å²) in [6, 6.07) is 5.57. The Bertz CT molecular complexity index is 480. The van der Waals surface area contributed by atoms with Crippen LogP contribution >= 0.6 is 0 Å². The molecule has 0 saturated heterocycles. The lowest BCUT2D eigenvalue weighted by Crippen LogP contribution is -2.27. The number of amides is 1. The smallest absolute Gasteiger partial charge is 0.270 e. The van der Waals surface area contributed by atoms with Gasteiger partial charge in [-0.15, -0.1) is 0 Å². The summed E-state index contributed by atoms with van der Waals surface area (Å²) in [6.07, 6.45) is 0. The van der Waals surface area contributed by atoms with E-state index in [0.717, 1.165) is 0 Å². The van der Waals surface area contributed by atoms with Crippen molar-refractivity contribution in [1.29, 1.82) is 0 Å². The Morgan fingerprint density at radius 3 is 2.55 bits per heavy atom. The fourth-order valence-electron chi connectivity index (χ4n) is 1.56. The van der Waals surface area contributed by atoms with Crippen LogP contribution in [0.25, 0.3) is 0 Å². The van der Waals surface area contributed by atoms with Gasteiger partial charge in [0.2, 0.25) is 0 Å². The summed E-state index contributed by atoms with van der Waals surface area (Å²) in [5.41, 5.74) is 0.134. The van der Waals surface area contributed by atoms with Crippen molar-refractivity contribution in [2.24, 2.45) is 0 Å². The van der Waals surface area contributed by atoms with Crippen LogP contribution in [0.15, 0.2) is 24.3 Å². The number of carbonyl (C=O) groups excluding carboxylic acids is 1. The summed E-state index contributed by atoms with van der Waals surface area (Å²) < 4.78 is 15.3. The Kier molecular flexibility index (Phi) is 8.73. The summed E-state index contributed by atoms with van der Waals surface area (Å²) in [6.45, 7) is 2.61. The number of nitro groups is 1. The van der Waals surface area contributed by atoms with Crippen molar-refractivity contribution in [3.05, 3.63) is 39.9 Å². The van der Waals surface area contributed by atoms with Crippen LogP contribution in [-0.4, -0.2) is 57.5 Å². The number of nitrogens with zero attached hydrogens (tertiary/aromatic N) is 1. The lowest BCUT2D eigenvalue weighted by Gasteiger charge is -2.07. The van der Waals surface area contributed by atoms with Gasteiger partial charge in [-0.05, 0) is 6.07 Å². The lowest BCUT2D eigenvalue weighted by molar-refractivity contribution is -0.384. The van der Waals surface area contributed by atoms with Crippen molar-refractivity contribution >= 4 is 11.6 Å². The zero-order valence-corrected chi connectivity index (χ0v) is 12.4. The van der Waals surface area contributed by atoms with E-state index in [1.165, 1.54) is 24.3 Å². The molecule has 0 atom stereocenters. The molecule has 22 heavy (non-hydrogen) atoms. The van der Waals surface area contributed by atoms with Gasteiger partial charge in [0.1, 0.15) is 0 Å². The SMILES string of the molecule is COCCOCCOCCNC(=O)c1cccc([N+](=O)[O-])c1. The van der Waals surface area contributed by atoms with E-state index in [1.807, 2.05) is 0 Å². The first-order valence-corrected chi connectivity index (χ1v) is 6.82. The van der Waals surface area contributed by atoms with Crippen LogP contribution < -0.4 is 5.32 Å². The minimum Gasteiger partial charge on any atom is -0.382 e. The third-order valence-electron chi connectivity index (χ3n) is 2.65. The van der Waals surface area contributed by atoms with Crippen LogP contribution in [0.3, 0.4) is 0 Å². The number of hydrogen-bond acceptors (Lipinski definition) is 6. The number of ether oxygens (including phenoxy) is 3. The number of rotatable bonds is 11. The van der Waals surface area contributed by atoms with E-state index in [0.29, 0.717) is 39.6 Å². The molecule has 1 amide bonds. The molecule has 1 rings (SSSR count). The molecule has 0 aromatic heterocycles. The van der Waals surface area contributed by atoms with Crippen LogP contribution in [0, 0.1) is 10.1 Å². The van der Waals surface area contributed by atoms with Gasteiger partial charge in [0.25, 0.3) is 11.6 Å². The molecule has 0 aliphatic heterocycles. The third-order valence-corrected chi connectivity index (χ3v) is 2.65. The molecular weight excluding hydrogens is 292 g/mol. The molecule has 0 unspecified atom stereocenters. The molecule has 1 aromatic carbocycles. The maximum absolute atomic E-state index is 11.8. The minimum absolute atomic E-state index is 0.114. The number of benzene rings is 1. The topological polar surface area (TPSA) is 99.9 Å². The predicted octanol–water partition coefficient (Wildman–Crippen LogP) is 1.00. The second-order valence-electron chi connectivity index (χ2n) is 4.28. The Morgan fingerprint density at radius 1 is 1.18 bits per heavy atom. The fraction of sp³-hybridized carbons (Fsp3) is 0.500. The Morgan fingerprint density at radius 2 is 1.86 bits per heavy atom. The molecule has 0 aliphatic carbocycles. The maximum Gasteiger partial charge on any atom is 0.270 e. The maximum atomic E-state index is 11.8. The molecule has 0 saturated carbocycles. The van der Waals surface area contributed by atoms with Crippen LogP contribution in [-0.2, 0) is 14.2 Å². The highest BCUT2D eigenvalue weighted by Crippen LogP contribution is 2.12. The summed E-state index contributed by atoms with van der Waals surface area (Å²) in [5, 5.41) is 13.3. The van der Waals surface area contributed by atoms with Crippen LogP contribution in [0.2, 0.25) is 0 Å². The Hall–Kier alpha value is -2.03. The first-order chi connectivity index (χ1) is 10.6. The molecule has 0 spiro atoms. The summed E-state index contributed by atoms with van der Waals surface area (Å²) in [7, 11) is 1.60. The molecule has 122 valence electrons. The van der Waals surface area contributed by atoms with E-state index >= 15 is 0 Å². The van der Waals surface area contributed by atoms with Gasteiger partial charge in [-0.1, -0.05) is 6.07 Å². The molecule has 0 fully saturated rings. The van der Waals surface area contributed by atoms with Crippen molar-refractivity contribution < 1.29 is 23.9 Å². The zero-order chi connectivity index (χ0) is 16.2. The fourth-order valence-corrected chi connectivity index (χ4v) is 1.56. The van der Waals surface area contributed by atoms with E-state index < -0.39 is 4.92 Å². The monoisotopic (exact) mass is 312 g/mol. The number of carbonyl (C=O) groups is 1. The Labute approximate surface area is 128 Å². The summed E-state index contributed by atoms with van der Waals surface area (Å²) in [5.74, 6) is -0.372. The van der Waals surface area contributed by atoms with Gasteiger partial charge in [-0.25, -0.2) is 0 Å². The Balaban J connectivity index is 2.16. The highest BCUT2D eigenvalue weighted by molar-refractivity contribution is 5.94. The van der Waals surface area contributed by atoms with Crippen LogP contribution in [0.4, 0.5) is 5.69 Å². The van der Waals surface area contributed by atoms with Crippen molar-refractivity contribution in [1.82, 2.24) is 5.32 Å². The molecule has 8 heteroatoms. The molecule has 0 heterocycles. The van der Waals surface area contributed by atoms with Gasteiger partial charge in [0.05, 0.1) is 38.0 Å². The van der Waals surface area contributed by atoms with Crippen LogP contribution in [0.5, 0.6) is 0 Å². The molecular formula is C14H20N2O6. The van der Waals surface area contributed by atoms with Crippen molar-refractivity contribution in [3.8, 4) is 0 Å². The van der Waals surface area contributed by atoms with E-state index in [9.17, 15) is 14.9 Å². The second kappa shape index (κ2) is 10.7. The highest BCUT2D eigenvalue weighted by atomic mass is 16.6. The average molecular weight is 312 g/mol. The third kappa shape index (κ3) is 7.11. The van der Waals surface area contributed by atoms with Gasteiger partial charge >= 0.3 is 0 Å². The van der Waals surface area contributed by atoms with Gasteiger partial charge in [0, 0.05) is 31.4 Å². The zero-order valence-electron chi connectivity index (χ0n) is 12.4. The predicted molar refractivity (Wildman–Crippen MR) is 78.9 cm³/mol. The average Bonchev–Trinajstić information content (AvgIpc) is 2.53. The van der Waals surface area contributed by atoms with Crippen molar-refractivity contribution in [2.75, 3.05) is 46.7 Å². The number of nitrogens with one attached hydrogen (secondary N) is 1. The van der Waals surface area contributed by atoms with E-state index in [-0.39, 0.29) is 17.2 Å². The first-order valence-electron chi connectivity index (χ1n) is 6.82. The first kappa shape index (κ1) is 18.0.